The third kappa shape index (κ3) is 5.38. The predicted molar refractivity (Wildman–Crippen MR) is 85.6 cm³/mol. The van der Waals surface area contributed by atoms with Crippen LogP contribution in [0.15, 0.2) is 53.4 Å². The van der Waals surface area contributed by atoms with E-state index in [-0.39, 0.29) is 16.2 Å². The molecular formula is C16H14F3NO5S. The van der Waals surface area contributed by atoms with Crippen LogP contribution in [0.5, 0.6) is 11.5 Å². The predicted octanol–water partition coefficient (Wildman–Crippen LogP) is 2.76. The first kappa shape index (κ1) is 19.6. The van der Waals surface area contributed by atoms with E-state index < -0.39 is 28.7 Å². The zero-order valence-electron chi connectivity index (χ0n) is 13.4. The number of carbonyl (C=O) groups excluding carboxylic acids is 1. The summed E-state index contributed by atoms with van der Waals surface area (Å²) >= 11 is 0. The van der Waals surface area contributed by atoms with Gasteiger partial charge in [-0.1, -0.05) is 0 Å². The smallest absolute Gasteiger partial charge is 0.405 e. The zero-order valence-corrected chi connectivity index (χ0v) is 14.2. The fourth-order valence-electron chi connectivity index (χ4n) is 1.86. The second-order valence-corrected chi connectivity index (χ2v) is 6.58. The first-order valence-corrected chi connectivity index (χ1v) is 8.55. The van der Waals surface area contributed by atoms with Gasteiger partial charge in [0.2, 0.25) is 0 Å². The average Bonchev–Trinajstić information content (AvgIpc) is 2.59. The van der Waals surface area contributed by atoms with Crippen molar-refractivity contribution in [1.29, 1.82) is 0 Å². The van der Waals surface area contributed by atoms with Crippen LogP contribution in [-0.2, 0) is 10.1 Å². The summed E-state index contributed by atoms with van der Waals surface area (Å²) in [7, 11) is -2.71. The van der Waals surface area contributed by atoms with Gasteiger partial charge in [-0.25, -0.2) is 0 Å². The maximum Gasteiger partial charge on any atom is 0.405 e. The van der Waals surface area contributed by atoms with Gasteiger partial charge in [-0.2, -0.15) is 21.6 Å². The molecule has 10 heteroatoms. The SMILES string of the molecule is COc1ccc(OS(=O)(=O)c2ccc(C(=O)NCC(F)(F)F)cc2)cc1. The summed E-state index contributed by atoms with van der Waals surface area (Å²) in [5.41, 5.74) is -0.113. The molecule has 0 aliphatic heterocycles. The van der Waals surface area contributed by atoms with Crippen LogP contribution in [-0.4, -0.2) is 34.2 Å². The van der Waals surface area contributed by atoms with E-state index in [0.29, 0.717) is 5.75 Å². The summed E-state index contributed by atoms with van der Waals surface area (Å²) in [4.78, 5) is 11.4. The number of ether oxygens (including phenoxy) is 1. The summed E-state index contributed by atoms with van der Waals surface area (Å²) in [6.45, 7) is -1.48. The van der Waals surface area contributed by atoms with Crippen molar-refractivity contribution in [2.45, 2.75) is 11.1 Å². The van der Waals surface area contributed by atoms with Crippen LogP contribution in [0.3, 0.4) is 0 Å². The molecule has 0 aliphatic rings. The van der Waals surface area contributed by atoms with Gasteiger partial charge < -0.3 is 14.2 Å². The van der Waals surface area contributed by atoms with E-state index in [0.717, 1.165) is 24.3 Å². The first-order valence-electron chi connectivity index (χ1n) is 7.14. The molecule has 1 amide bonds. The molecule has 140 valence electrons. The van der Waals surface area contributed by atoms with E-state index >= 15 is 0 Å². The van der Waals surface area contributed by atoms with E-state index in [1.807, 2.05) is 0 Å². The number of methoxy groups -OCH3 is 1. The molecule has 2 aromatic carbocycles. The fraction of sp³-hybridized carbons (Fsp3) is 0.188. The van der Waals surface area contributed by atoms with Crippen molar-refractivity contribution < 1.29 is 35.3 Å². The lowest BCUT2D eigenvalue weighted by Crippen LogP contribution is -2.33. The molecule has 2 aromatic rings. The lowest BCUT2D eigenvalue weighted by molar-refractivity contribution is -0.123. The number of carbonyl (C=O) groups is 1. The molecule has 2 rings (SSSR count). The molecule has 0 aliphatic carbocycles. The molecule has 0 unspecified atom stereocenters. The van der Waals surface area contributed by atoms with E-state index in [4.69, 9.17) is 8.92 Å². The van der Waals surface area contributed by atoms with Gasteiger partial charge in [-0.15, -0.1) is 0 Å². The number of nitrogens with one attached hydrogen (secondary N) is 1. The second-order valence-electron chi connectivity index (χ2n) is 5.04. The topological polar surface area (TPSA) is 81.7 Å². The highest BCUT2D eigenvalue weighted by Gasteiger charge is 2.28. The molecule has 6 nitrogen and oxygen atoms in total. The zero-order chi connectivity index (χ0) is 19.4. The van der Waals surface area contributed by atoms with Crippen molar-refractivity contribution in [2.75, 3.05) is 13.7 Å². The second kappa shape index (κ2) is 7.65. The Labute approximate surface area is 147 Å². The molecule has 0 aromatic heterocycles. The summed E-state index contributed by atoms with van der Waals surface area (Å²) in [6.07, 6.45) is -4.54. The van der Waals surface area contributed by atoms with Crippen molar-refractivity contribution in [2.24, 2.45) is 0 Å². The Morgan fingerprint density at radius 1 is 1.00 bits per heavy atom. The molecule has 1 N–H and O–H groups in total. The molecule has 0 radical (unpaired) electrons. The Kier molecular flexibility index (Phi) is 5.76. The number of benzene rings is 2. The van der Waals surface area contributed by atoms with E-state index in [2.05, 4.69) is 0 Å². The van der Waals surface area contributed by atoms with Crippen molar-refractivity contribution in [3.05, 3.63) is 54.1 Å². The van der Waals surface area contributed by atoms with Crippen molar-refractivity contribution >= 4 is 16.0 Å². The Bertz CT molecular complexity index is 862. The summed E-state index contributed by atoms with van der Waals surface area (Å²) in [5.74, 6) is -0.399. The Balaban J connectivity index is 2.09. The van der Waals surface area contributed by atoms with Gasteiger partial charge in [-0.05, 0) is 48.5 Å². The van der Waals surface area contributed by atoms with E-state index in [1.54, 1.807) is 5.32 Å². The third-order valence-electron chi connectivity index (χ3n) is 3.12. The summed E-state index contributed by atoms with van der Waals surface area (Å²) in [5, 5.41) is 1.69. The van der Waals surface area contributed by atoms with Gasteiger partial charge >= 0.3 is 16.3 Å². The quantitative estimate of drug-likeness (QED) is 0.769. The van der Waals surface area contributed by atoms with Crippen LogP contribution < -0.4 is 14.2 Å². The van der Waals surface area contributed by atoms with Gasteiger partial charge in [-0.3, -0.25) is 4.79 Å². The van der Waals surface area contributed by atoms with Crippen LogP contribution in [0.25, 0.3) is 0 Å². The molecule has 0 bridgehead atoms. The van der Waals surface area contributed by atoms with E-state index in [9.17, 15) is 26.4 Å². The lowest BCUT2D eigenvalue weighted by atomic mass is 10.2. The van der Waals surface area contributed by atoms with Crippen LogP contribution in [0, 0.1) is 0 Å². The standard InChI is InChI=1S/C16H14F3NO5S/c1-24-12-4-6-13(7-5-12)25-26(22,23)14-8-2-11(3-9-14)15(21)20-10-16(17,18)19/h2-9H,10H2,1H3,(H,20,21). The van der Waals surface area contributed by atoms with E-state index in [1.165, 1.54) is 31.4 Å². The maximum atomic E-state index is 12.2. The normalized spacial score (nSPS) is 11.7. The van der Waals surface area contributed by atoms with Gasteiger partial charge in [0, 0.05) is 5.56 Å². The van der Waals surface area contributed by atoms with Gasteiger partial charge in [0.15, 0.2) is 0 Å². The van der Waals surface area contributed by atoms with Gasteiger partial charge in [0.05, 0.1) is 7.11 Å². The van der Waals surface area contributed by atoms with Crippen molar-refractivity contribution in [1.82, 2.24) is 5.32 Å². The van der Waals surface area contributed by atoms with Crippen LogP contribution in [0.1, 0.15) is 10.4 Å². The van der Waals surface area contributed by atoms with Crippen LogP contribution in [0.2, 0.25) is 0 Å². The number of rotatable bonds is 6. The molecule has 0 heterocycles. The highest BCUT2D eigenvalue weighted by molar-refractivity contribution is 7.87. The molecule has 26 heavy (non-hydrogen) atoms. The number of hydrogen-bond acceptors (Lipinski definition) is 5. The summed E-state index contributed by atoms with van der Waals surface area (Å²) < 4.78 is 70.5. The highest BCUT2D eigenvalue weighted by atomic mass is 32.2. The Morgan fingerprint density at radius 3 is 2.04 bits per heavy atom. The third-order valence-corrected chi connectivity index (χ3v) is 4.38. The summed E-state index contributed by atoms with van der Waals surface area (Å²) in [6, 6.07) is 10.2. The molecule has 0 saturated carbocycles. The molecule has 0 saturated heterocycles. The number of halogens is 3. The van der Waals surface area contributed by atoms with Crippen LogP contribution >= 0.6 is 0 Å². The average molecular weight is 389 g/mol. The molecule has 0 atom stereocenters. The number of hydrogen-bond donors (Lipinski definition) is 1. The minimum Gasteiger partial charge on any atom is -0.497 e. The Morgan fingerprint density at radius 2 is 1.54 bits per heavy atom. The monoisotopic (exact) mass is 389 g/mol. The Hall–Kier alpha value is -2.75. The number of amides is 1. The largest absolute Gasteiger partial charge is 0.497 e. The van der Waals surface area contributed by atoms with Gasteiger partial charge in [0.1, 0.15) is 22.9 Å². The molecular weight excluding hydrogens is 375 g/mol. The molecule has 0 fully saturated rings. The number of alkyl halides is 3. The first-order chi connectivity index (χ1) is 12.1. The highest BCUT2D eigenvalue weighted by Crippen LogP contribution is 2.22. The minimum atomic E-state index is -4.54. The minimum absolute atomic E-state index is 0.0535. The molecule has 0 spiro atoms. The fourth-order valence-corrected chi connectivity index (χ4v) is 2.79. The maximum absolute atomic E-state index is 12.2. The lowest BCUT2D eigenvalue weighted by Gasteiger charge is -2.10. The van der Waals surface area contributed by atoms with Crippen molar-refractivity contribution in [3.63, 3.8) is 0 Å². The van der Waals surface area contributed by atoms with Crippen LogP contribution in [0.4, 0.5) is 13.2 Å². The van der Waals surface area contributed by atoms with Crippen molar-refractivity contribution in [3.8, 4) is 11.5 Å². The van der Waals surface area contributed by atoms with Gasteiger partial charge in [0.25, 0.3) is 5.91 Å².